The molecule has 0 saturated carbocycles. The van der Waals surface area contributed by atoms with Gasteiger partial charge in [0.25, 0.3) is 0 Å². The lowest BCUT2D eigenvalue weighted by Crippen LogP contribution is -2.44. The fraction of sp³-hybridized carbons (Fsp3) is 0.368. The number of aliphatic hydroxyl groups excluding tert-OH is 1. The lowest BCUT2D eigenvalue weighted by atomic mass is 10.0. The van der Waals surface area contributed by atoms with Crippen molar-refractivity contribution < 1.29 is 14.3 Å². The first-order valence-electron chi connectivity index (χ1n) is 8.37. The van der Waals surface area contributed by atoms with Crippen molar-refractivity contribution in [1.29, 1.82) is 0 Å². The largest absolute Gasteiger partial charge is 0.396 e. The second-order valence-corrected chi connectivity index (χ2v) is 6.12. The minimum absolute atomic E-state index is 0.0400. The summed E-state index contributed by atoms with van der Waals surface area (Å²) in [4.78, 5) is 16.2. The molecule has 3 N–H and O–H groups in total. The highest BCUT2D eigenvalue weighted by molar-refractivity contribution is 5.74. The Morgan fingerprint density at radius 3 is 2.64 bits per heavy atom. The number of benzene rings is 1. The first-order valence-corrected chi connectivity index (χ1v) is 8.37. The molecular weight excluding hydrogens is 321 g/mol. The first kappa shape index (κ1) is 18.9. The van der Waals surface area contributed by atoms with E-state index in [1.807, 2.05) is 25.1 Å². The third-order valence-electron chi connectivity index (χ3n) is 3.89. The van der Waals surface area contributed by atoms with Crippen LogP contribution < -0.4 is 10.6 Å². The molecular formula is C19H24FN3O2. The molecule has 1 heterocycles. The van der Waals surface area contributed by atoms with Gasteiger partial charge in [-0.15, -0.1) is 0 Å². The van der Waals surface area contributed by atoms with E-state index in [0.717, 1.165) is 5.69 Å². The van der Waals surface area contributed by atoms with Crippen molar-refractivity contribution in [3.8, 4) is 0 Å². The Kier molecular flexibility index (Phi) is 7.35. The predicted octanol–water partition coefficient (Wildman–Crippen LogP) is 2.30. The van der Waals surface area contributed by atoms with Gasteiger partial charge in [0.05, 0.1) is 0 Å². The van der Waals surface area contributed by atoms with Gasteiger partial charge in [-0.3, -0.25) is 4.98 Å². The number of nitrogens with zero attached hydrogens (tertiary/aromatic N) is 1. The number of aromatic nitrogens is 1. The monoisotopic (exact) mass is 345 g/mol. The highest BCUT2D eigenvalue weighted by atomic mass is 19.1. The Morgan fingerprint density at radius 1 is 1.20 bits per heavy atom. The number of aliphatic hydroxyl groups is 1. The summed E-state index contributed by atoms with van der Waals surface area (Å²) in [5.74, 6) is -0.380. The quantitative estimate of drug-likeness (QED) is 0.687. The van der Waals surface area contributed by atoms with Gasteiger partial charge < -0.3 is 15.7 Å². The van der Waals surface area contributed by atoms with E-state index in [0.29, 0.717) is 24.9 Å². The van der Waals surface area contributed by atoms with Crippen molar-refractivity contribution in [1.82, 2.24) is 15.6 Å². The lowest BCUT2D eigenvalue weighted by Gasteiger charge is -2.18. The summed E-state index contributed by atoms with van der Waals surface area (Å²) in [6, 6.07) is 11.6. The van der Waals surface area contributed by atoms with E-state index in [9.17, 15) is 14.3 Å². The Morgan fingerprint density at radius 2 is 1.96 bits per heavy atom. The van der Waals surface area contributed by atoms with Crippen molar-refractivity contribution in [3.63, 3.8) is 0 Å². The topological polar surface area (TPSA) is 74.2 Å². The highest BCUT2D eigenvalue weighted by Gasteiger charge is 2.13. The summed E-state index contributed by atoms with van der Waals surface area (Å²) >= 11 is 0. The van der Waals surface area contributed by atoms with Gasteiger partial charge in [-0.2, -0.15) is 0 Å². The van der Waals surface area contributed by atoms with Crippen molar-refractivity contribution in [2.45, 2.75) is 25.8 Å². The third kappa shape index (κ3) is 6.51. The fourth-order valence-corrected chi connectivity index (χ4v) is 2.57. The maximum absolute atomic E-state index is 13.6. The number of carbonyl (C=O) groups is 1. The average Bonchev–Trinajstić information content (AvgIpc) is 2.61. The number of pyridine rings is 1. The molecule has 0 radical (unpaired) electrons. The number of halogens is 1. The number of hydrogen-bond donors (Lipinski definition) is 3. The number of carbonyl (C=O) groups excluding carboxylic acids is 1. The Bertz CT molecular complexity index is 667. The lowest BCUT2D eigenvalue weighted by molar-refractivity contribution is 0.212. The van der Waals surface area contributed by atoms with Gasteiger partial charge >= 0.3 is 6.03 Å². The van der Waals surface area contributed by atoms with E-state index in [1.165, 1.54) is 6.07 Å². The molecule has 2 unspecified atom stereocenters. The summed E-state index contributed by atoms with van der Waals surface area (Å²) in [7, 11) is 0. The minimum Gasteiger partial charge on any atom is -0.396 e. The molecule has 2 rings (SSSR count). The van der Waals surface area contributed by atoms with Crippen molar-refractivity contribution in [2.24, 2.45) is 5.92 Å². The minimum atomic E-state index is -0.330. The van der Waals surface area contributed by atoms with Crippen molar-refractivity contribution in [2.75, 3.05) is 13.2 Å². The van der Waals surface area contributed by atoms with E-state index in [-0.39, 0.29) is 30.4 Å². The smallest absolute Gasteiger partial charge is 0.315 e. The van der Waals surface area contributed by atoms with Crippen molar-refractivity contribution >= 4 is 6.03 Å². The van der Waals surface area contributed by atoms with Gasteiger partial charge in [0.15, 0.2) is 0 Å². The molecule has 0 spiro atoms. The van der Waals surface area contributed by atoms with Crippen LogP contribution in [0.25, 0.3) is 0 Å². The Labute approximate surface area is 147 Å². The Balaban J connectivity index is 1.76. The molecule has 6 heteroatoms. The zero-order chi connectivity index (χ0) is 18.1. The molecule has 2 aromatic rings. The van der Waals surface area contributed by atoms with Crippen LogP contribution in [-0.4, -0.2) is 35.3 Å². The van der Waals surface area contributed by atoms with E-state index in [2.05, 4.69) is 15.6 Å². The van der Waals surface area contributed by atoms with E-state index in [1.54, 1.807) is 24.4 Å². The van der Waals surface area contributed by atoms with Gasteiger partial charge in [-0.05, 0) is 43.5 Å². The zero-order valence-electron chi connectivity index (χ0n) is 14.3. The van der Waals surface area contributed by atoms with Crippen LogP contribution >= 0.6 is 0 Å². The van der Waals surface area contributed by atoms with Crippen LogP contribution in [0.4, 0.5) is 9.18 Å². The van der Waals surface area contributed by atoms with Gasteiger partial charge in [0.1, 0.15) is 5.82 Å². The summed E-state index contributed by atoms with van der Waals surface area (Å²) in [6.45, 7) is 2.12. The van der Waals surface area contributed by atoms with Crippen LogP contribution in [0.15, 0.2) is 48.7 Å². The van der Waals surface area contributed by atoms with Crippen LogP contribution in [0, 0.1) is 11.7 Å². The van der Waals surface area contributed by atoms with Gasteiger partial charge in [0, 0.05) is 37.0 Å². The van der Waals surface area contributed by atoms with Crippen LogP contribution in [-0.2, 0) is 12.8 Å². The van der Waals surface area contributed by atoms with E-state index >= 15 is 0 Å². The summed E-state index contributed by atoms with van der Waals surface area (Å²) < 4.78 is 13.6. The normalized spacial score (nSPS) is 13.1. The van der Waals surface area contributed by atoms with Crippen LogP contribution in [0.5, 0.6) is 0 Å². The molecule has 5 nitrogen and oxygen atoms in total. The SMILES string of the molecule is CC(Cc1ccccc1F)NC(=O)NCC(CO)Cc1ccccn1. The molecule has 1 aromatic carbocycles. The molecule has 0 saturated heterocycles. The number of amides is 2. The molecule has 2 amide bonds. The maximum Gasteiger partial charge on any atom is 0.315 e. The van der Waals surface area contributed by atoms with Gasteiger partial charge in [0.2, 0.25) is 0 Å². The van der Waals surface area contributed by atoms with E-state index in [4.69, 9.17) is 0 Å². The second-order valence-electron chi connectivity index (χ2n) is 6.12. The molecule has 0 aliphatic rings. The predicted molar refractivity (Wildman–Crippen MR) is 94.6 cm³/mol. The summed E-state index contributed by atoms with van der Waals surface area (Å²) in [6.07, 6.45) is 2.70. The standard InChI is InChI=1S/C19H24FN3O2/c1-14(10-16-6-2-3-8-18(16)20)23-19(25)22-12-15(13-24)11-17-7-4-5-9-21-17/h2-9,14-15,24H,10-13H2,1H3,(H2,22,23,25). The molecule has 0 aliphatic heterocycles. The molecule has 0 aliphatic carbocycles. The molecule has 1 aromatic heterocycles. The number of hydrogen-bond acceptors (Lipinski definition) is 3. The summed E-state index contributed by atoms with van der Waals surface area (Å²) in [5.41, 5.74) is 1.44. The van der Waals surface area contributed by atoms with Crippen LogP contribution in [0.1, 0.15) is 18.2 Å². The Hall–Kier alpha value is -2.47. The second kappa shape index (κ2) is 9.74. The van der Waals surface area contributed by atoms with Crippen molar-refractivity contribution in [3.05, 3.63) is 65.7 Å². The highest BCUT2D eigenvalue weighted by Crippen LogP contribution is 2.09. The molecule has 0 bridgehead atoms. The summed E-state index contributed by atoms with van der Waals surface area (Å²) in [5, 5.41) is 15.0. The maximum atomic E-state index is 13.6. The van der Waals surface area contributed by atoms with Crippen LogP contribution in [0.2, 0.25) is 0 Å². The third-order valence-corrected chi connectivity index (χ3v) is 3.89. The number of rotatable bonds is 8. The average molecular weight is 345 g/mol. The van der Waals surface area contributed by atoms with Gasteiger partial charge in [-0.25, -0.2) is 9.18 Å². The molecule has 25 heavy (non-hydrogen) atoms. The van der Waals surface area contributed by atoms with Gasteiger partial charge in [-0.1, -0.05) is 24.3 Å². The first-order chi connectivity index (χ1) is 12.1. The number of nitrogens with one attached hydrogen (secondary N) is 2. The molecule has 134 valence electrons. The fourth-order valence-electron chi connectivity index (χ4n) is 2.57. The van der Waals surface area contributed by atoms with E-state index < -0.39 is 0 Å². The zero-order valence-corrected chi connectivity index (χ0v) is 14.3. The molecule has 2 atom stereocenters. The molecule has 0 fully saturated rings. The van der Waals surface area contributed by atoms with Crippen LogP contribution in [0.3, 0.4) is 0 Å². The number of urea groups is 1.